The number of alkyl halides is 1. The van der Waals surface area contributed by atoms with Crippen LogP contribution in [0.3, 0.4) is 0 Å². The van der Waals surface area contributed by atoms with Crippen molar-refractivity contribution in [1.82, 2.24) is 9.62 Å². The maximum Gasteiger partial charge on any atom is 0.258 e. The van der Waals surface area contributed by atoms with Crippen LogP contribution in [0.5, 0.6) is 5.75 Å². The van der Waals surface area contributed by atoms with E-state index < -0.39 is 37.5 Å². The van der Waals surface area contributed by atoms with Crippen LogP contribution < -0.4 is 10.1 Å². The van der Waals surface area contributed by atoms with Gasteiger partial charge in [-0.25, -0.2) is 21.2 Å². The van der Waals surface area contributed by atoms with Crippen LogP contribution >= 0.6 is 11.6 Å². The Bertz CT molecular complexity index is 1390. The minimum atomic E-state index is -4.05. The molecule has 3 rings (SSSR count). The molecule has 2 aromatic carbocycles. The predicted octanol–water partition coefficient (Wildman–Crippen LogP) is 3.96. The van der Waals surface area contributed by atoms with E-state index in [1.165, 1.54) is 25.1 Å². The molecule has 1 N–H and O–H groups in total. The number of amides is 1. The first-order valence-corrected chi connectivity index (χ1v) is 15.4. The van der Waals surface area contributed by atoms with Gasteiger partial charge in [-0.3, -0.25) is 4.79 Å². The second kappa shape index (κ2) is 11.5. The van der Waals surface area contributed by atoms with Gasteiger partial charge in [0.25, 0.3) is 5.91 Å². The maximum absolute atomic E-state index is 15.5. The first-order chi connectivity index (χ1) is 17.2. The van der Waals surface area contributed by atoms with Crippen LogP contribution in [0.2, 0.25) is 5.02 Å². The summed E-state index contributed by atoms with van der Waals surface area (Å²) in [4.78, 5) is 12.6. The molecule has 2 aromatic rings. The van der Waals surface area contributed by atoms with Crippen molar-refractivity contribution in [3.63, 3.8) is 0 Å². The molecule has 0 saturated carbocycles. The summed E-state index contributed by atoms with van der Waals surface area (Å²) in [6.45, 7) is 3.40. The van der Waals surface area contributed by atoms with Crippen LogP contribution in [0.1, 0.15) is 26.7 Å². The topological polar surface area (TPSA) is 110 Å². The third kappa shape index (κ3) is 7.31. The summed E-state index contributed by atoms with van der Waals surface area (Å²) in [7, 11) is -7.44. The molecular formula is C25H30ClFN2O6S2. The molecular weight excluding hydrogens is 543 g/mol. The van der Waals surface area contributed by atoms with Crippen molar-refractivity contribution in [3.05, 3.63) is 59.0 Å². The third-order valence-corrected chi connectivity index (χ3v) is 8.75. The van der Waals surface area contributed by atoms with Crippen LogP contribution in [-0.2, 0) is 24.7 Å². The zero-order valence-electron chi connectivity index (χ0n) is 20.8. The predicted molar refractivity (Wildman–Crippen MR) is 141 cm³/mol. The van der Waals surface area contributed by atoms with Crippen LogP contribution in [0, 0.1) is 0 Å². The molecule has 1 aliphatic rings. The average molecular weight is 573 g/mol. The summed E-state index contributed by atoms with van der Waals surface area (Å²) in [6, 6.07) is 10.7. The highest BCUT2D eigenvalue weighted by Gasteiger charge is 2.44. The molecule has 0 aliphatic carbocycles. The second-order valence-corrected chi connectivity index (χ2v) is 13.2. The van der Waals surface area contributed by atoms with Gasteiger partial charge in [0.15, 0.2) is 15.5 Å². The van der Waals surface area contributed by atoms with E-state index in [0.29, 0.717) is 28.5 Å². The minimum Gasteiger partial charge on any atom is -0.494 e. The lowest BCUT2D eigenvalue weighted by Crippen LogP contribution is -2.53. The third-order valence-electron chi connectivity index (χ3n) is 5.91. The number of sulfone groups is 1. The van der Waals surface area contributed by atoms with E-state index in [-0.39, 0.29) is 30.8 Å². The lowest BCUT2D eigenvalue weighted by atomic mass is 9.93. The second-order valence-electron chi connectivity index (χ2n) is 8.89. The Morgan fingerprint density at radius 3 is 2.49 bits per heavy atom. The maximum atomic E-state index is 15.5. The number of carbonyl (C=O) groups is 1. The monoisotopic (exact) mass is 572 g/mol. The summed E-state index contributed by atoms with van der Waals surface area (Å²) in [5.41, 5.74) is -1.30. The molecule has 8 nitrogen and oxygen atoms in total. The molecule has 0 bridgehead atoms. The van der Waals surface area contributed by atoms with Gasteiger partial charge in [0, 0.05) is 54.2 Å². The molecule has 1 aliphatic heterocycles. The molecule has 0 radical (unpaired) electrons. The van der Waals surface area contributed by atoms with Gasteiger partial charge in [-0.15, -0.1) is 0 Å². The van der Waals surface area contributed by atoms with Crippen molar-refractivity contribution in [2.45, 2.75) is 43.3 Å². The Morgan fingerprint density at radius 1 is 1.19 bits per heavy atom. The highest BCUT2D eigenvalue weighted by Crippen LogP contribution is 2.36. The van der Waals surface area contributed by atoms with Crippen molar-refractivity contribution in [2.24, 2.45) is 0 Å². The molecule has 37 heavy (non-hydrogen) atoms. The number of nitrogens with one attached hydrogen (secondary N) is 1. The summed E-state index contributed by atoms with van der Waals surface area (Å²) in [5.74, 6) is -0.328. The number of piperidine rings is 1. The molecule has 0 spiro atoms. The normalized spacial score (nSPS) is 17.4. The highest BCUT2D eigenvalue weighted by atomic mass is 35.5. The van der Waals surface area contributed by atoms with E-state index in [4.69, 9.17) is 16.3 Å². The summed E-state index contributed by atoms with van der Waals surface area (Å²) in [5, 5.41) is 3.73. The van der Waals surface area contributed by atoms with Crippen molar-refractivity contribution >= 4 is 37.4 Å². The lowest BCUT2D eigenvalue weighted by Gasteiger charge is -2.35. The first-order valence-electron chi connectivity index (χ1n) is 11.7. The van der Waals surface area contributed by atoms with Crippen LogP contribution in [0.4, 0.5) is 4.39 Å². The number of benzene rings is 2. The van der Waals surface area contributed by atoms with E-state index in [0.717, 1.165) is 16.0 Å². The smallest absolute Gasteiger partial charge is 0.258 e. The Hall–Kier alpha value is -2.47. The largest absolute Gasteiger partial charge is 0.494 e. The Balaban J connectivity index is 1.80. The van der Waals surface area contributed by atoms with Crippen LogP contribution in [-0.4, -0.2) is 64.7 Å². The molecule has 1 amide bonds. The number of nitrogens with zero attached hydrogens (tertiary/aromatic N) is 1. The standard InChI is InChI=1S/C25H30ClFN2O6S2/c1-4-35-21-7-5-6-19(16-21)22-17-20(26)8-9-23(22)37(33,34)29-13-11-25(27,12-14-29)24(30)28-18(2)10-15-36(3,31)32/h5-10,15-18H,4,11-14H2,1-3H3,(H,28,30)/b15-10-/t18-/m0/s1. The van der Waals surface area contributed by atoms with E-state index in [1.54, 1.807) is 30.3 Å². The number of carbonyl (C=O) groups excluding carboxylic acids is 1. The van der Waals surface area contributed by atoms with Crippen molar-refractivity contribution in [2.75, 3.05) is 26.0 Å². The van der Waals surface area contributed by atoms with E-state index in [2.05, 4.69) is 5.32 Å². The SMILES string of the molecule is CCOc1cccc(-c2cc(Cl)ccc2S(=O)(=O)N2CCC(F)(C(=O)N[C@@H](C)/C=C\S(C)(=O)=O)CC2)c1. The molecule has 202 valence electrons. The molecule has 1 atom stereocenters. The molecule has 0 aromatic heterocycles. The van der Waals surface area contributed by atoms with Gasteiger partial charge in [0.05, 0.1) is 11.5 Å². The number of halogens is 2. The Kier molecular flexibility index (Phi) is 9.05. The van der Waals surface area contributed by atoms with Gasteiger partial charge in [-0.1, -0.05) is 29.8 Å². The van der Waals surface area contributed by atoms with Gasteiger partial charge >= 0.3 is 0 Å². The van der Waals surface area contributed by atoms with E-state index in [9.17, 15) is 21.6 Å². The Morgan fingerprint density at radius 2 is 1.86 bits per heavy atom. The summed E-state index contributed by atoms with van der Waals surface area (Å²) < 4.78 is 71.9. The minimum absolute atomic E-state index is 0.0147. The number of hydrogen-bond acceptors (Lipinski definition) is 6. The lowest BCUT2D eigenvalue weighted by molar-refractivity contribution is -0.135. The zero-order valence-corrected chi connectivity index (χ0v) is 23.2. The zero-order chi connectivity index (χ0) is 27.4. The number of ether oxygens (including phenoxy) is 1. The first kappa shape index (κ1) is 29.1. The van der Waals surface area contributed by atoms with Gasteiger partial charge in [0.1, 0.15) is 5.75 Å². The number of hydrogen-bond donors (Lipinski definition) is 1. The van der Waals surface area contributed by atoms with Gasteiger partial charge in [0.2, 0.25) is 10.0 Å². The molecule has 1 heterocycles. The van der Waals surface area contributed by atoms with Crippen LogP contribution in [0.15, 0.2) is 58.8 Å². The van der Waals surface area contributed by atoms with Crippen molar-refractivity contribution in [3.8, 4) is 16.9 Å². The molecule has 12 heteroatoms. The fourth-order valence-electron chi connectivity index (χ4n) is 3.96. The molecule has 1 fully saturated rings. The van der Waals surface area contributed by atoms with Crippen molar-refractivity contribution < 1.29 is 30.8 Å². The van der Waals surface area contributed by atoms with Gasteiger partial charge in [-0.05, 0) is 49.7 Å². The average Bonchev–Trinajstić information content (AvgIpc) is 2.83. The summed E-state index contributed by atoms with van der Waals surface area (Å²) >= 11 is 6.19. The fourth-order valence-corrected chi connectivity index (χ4v) is 6.29. The van der Waals surface area contributed by atoms with Gasteiger partial charge in [-0.2, -0.15) is 4.31 Å². The summed E-state index contributed by atoms with van der Waals surface area (Å²) in [6.07, 6.45) is 1.57. The number of sulfonamides is 1. The number of rotatable bonds is 9. The quantitative estimate of drug-likeness (QED) is 0.487. The highest BCUT2D eigenvalue weighted by molar-refractivity contribution is 7.93. The molecule has 0 unspecified atom stereocenters. The van der Waals surface area contributed by atoms with Gasteiger partial charge < -0.3 is 10.1 Å². The van der Waals surface area contributed by atoms with Crippen LogP contribution in [0.25, 0.3) is 11.1 Å². The Labute approximate surface area is 222 Å². The molecule has 1 saturated heterocycles. The van der Waals surface area contributed by atoms with Crippen molar-refractivity contribution in [1.29, 1.82) is 0 Å². The fraction of sp³-hybridized carbons (Fsp3) is 0.400. The van der Waals surface area contributed by atoms with E-state index in [1.807, 2.05) is 6.92 Å². The van der Waals surface area contributed by atoms with E-state index >= 15 is 4.39 Å².